The summed E-state index contributed by atoms with van der Waals surface area (Å²) in [5, 5.41) is 0. The van der Waals surface area contributed by atoms with Crippen LogP contribution in [0.1, 0.15) is 33.4 Å². The maximum absolute atomic E-state index is 2.95. The number of nitrogens with zero attached hydrogens (tertiary/aromatic N) is 2. The zero-order chi connectivity index (χ0) is 17.6. The summed E-state index contributed by atoms with van der Waals surface area (Å²) >= 11 is 2.95. The molecule has 0 spiro atoms. The Morgan fingerprint density at radius 3 is 1.25 bits per heavy atom. The van der Waals surface area contributed by atoms with Crippen molar-refractivity contribution in [2.24, 2.45) is 0 Å². The molecular weight excluding hydrogens is 381 g/mol. The number of aryl methyl sites for hydroxylation is 6. The molecule has 1 heterocycles. The SMILES string of the molecule is Cc1cc(C)c(N2CCN(c3c(C)cc(C)cc3C)[CH]2[Ru+])c(C)c1. The van der Waals surface area contributed by atoms with Gasteiger partial charge in [0.2, 0.25) is 0 Å². The molecule has 0 atom stereocenters. The van der Waals surface area contributed by atoms with E-state index >= 15 is 0 Å². The number of benzene rings is 2. The average Bonchev–Trinajstić information content (AvgIpc) is 2.79. The fraction of sp³-hybridized carbons (Fsp3) is 0.429. The summed E-state index contributed by atoms with van der Waals surface area (Å²) in [6.45, 7) is 15.4. The van der Waals surface area contributed by atoms with E-state index in [1.54, 1.807) is 0 Å². The number of rotatable bonds is 2. The van der Waals surface area contributed by atoms with Gasteiger partial charge < -0.3 is 0 Å². The normalized spacial score (nSPS) is 15.5. The summed E-state index contributed by atoms with van der Waals surface area (Å²) < 4.78 is 0.310. The van der Waals surface area contributed by atoms with Crippen LogP contribution in [0.25, 0.3) is 0 Å². The first-order valence-electron chi connectivity index (χ1n) is 8.61. The van der Waals surface area contributed by atoms with E-state index in [1.165, 1.54) is 44.8 Å². The molecule has 0 aliphatic carbocycles. The number of hydrogen-bond acceptors (Lipinski definition) is 2. The van der Waals surface area contributed by atoms with Gasteiger partial charge in [-0.25, -0.2) is 0 Å². The van der Waals surface area contributed by atoms with Crippen LogP contribution in [-0.2, 0) is 18.3 Å². The Hall–Kier alpha value is -1.34. The Labute approximate surface area is 156 Å². The molecule has 2 nitrogen and oxygen atoms in total. The fourth-order valence-corrected chi connectivity index (χ4v) is 5.17. The molecule has 3 heteroatoms. The summed E-state index contributed by atoms with van der Waals surface area (Å²) in [5.41, 5.74) is 11.0. The van der Waals surface area contributed by atoms with Gasteiger partial charge in [0, 0.05) is 0 Å². The molecule has 0 unspecified atom stereocenters. The van der Waals surface area contributed by atoms with Crippen LogP contribution in [-0.4, -0.2) is 17.8 Å². The van der Waals surface area contributed by atoms with Crippen molar-refractivity contribution in [3.8, 4) is 0 Å². The van der Waals surface area contributed by atoms with Crippen molar-refractivity contribution >= 4 is 11.4 Å². The van der Waals surface area contributed by atoms with E-state index in [0.717, 1.165) is 13.1 Å². The fourth-order valence-electron chi connectivity index (χ4n) is 4.27. The second-order valence-electron chi connectivity index (χ2n) is 7.18. The van der Waals surface area contributed by atoms with Crippen LogP contribution in [0.4, 0.5) is 11.4 Å². The maximum atomic E-state index is 2.95. The van der Waals surface area contributed by atoms with Crippen LogP contribution in [0.5, 0.6) is 0 Å². The van der Waals surface area contributed by atoms with E-state index in [4.69, 9.17) is 0 Å². The van der Waals surface area contributed by atoms with Crippen molar-refractivity contribution in [1.82, 2.24) is 0 Å². The van der Waals surface area contributed by atoms with Crippen LogP contribution in [0, 0.1) is 41.5 Å². The summed E-state index contributed by atoms with van der Waals surface area (Å²) in [7, 11) is 0. The molecule has 128 valence electrons. The van der Waals surface area contributed by atoms with E-state index < -0.39 is 0 Å². The van der Waals surface area contributed by atoms with Crippen LogP contribution < -0.4 is 9.80 Å². The van der Waals surface area contributed by atoms with Gasteiger partial charge in [0.15, 0.2) is 0 Å². The van der Waals surface area contributed by atoms with Gasteiger partial charge in [0.25, 0.3) is 0 Å². The Kier molecular flexibility index (Phi) is 4.75. The molecule has 2 aromatic rings. The zero-order valence-electron chi connectivity index (χ0n) is 15.5. The van der Waals surface area contributed by atoms with Gasteiger partial charge in [-0.05, 0) is 0 Å². The monoisotopic (exact) mass is 409 g/mol. The van der Waals surface area contributed by atoms with E-state index in [1.807, 2.05) is 0 Å². The number of anilines is 2. The standard InChI is InChI=1S/C21H27N2.Ru/c1-14-9-16(3)20(17(4)10-14)22-7-8-23(13-22)21-18(5)11-15(2)12-19(21)6;/h9-13H,7-8H2,1-6H3;/q;+1. The quantitative estimate of drug-likeness (QED) is 0.665. The second kappa shape index (κ2) is 6.52. The second-order valence-corrected chi connectivity index (χ2v) is 8.08. The summed E-state index contributed by atoms with van der Waals surface area (Å²) in [5.74, 6) is 0. The Balaban J connectivity index is 1.99. The van der Waals surface area contributed by atoms with E-state index in [-0.39, 0.29) is 0 Å². The first kappa shape index (κ1) is 17.5. The Morgan fingerprint density at radius 1 is 0.667 bits per heavy atom. The molecule has 1 saturated heterocycles. The first-order chi connectivity index (χ1) is 11.3. The summed E-state index contributed by atoms with van der Waals surface area (Å²) in [6, 6.07) is 9.19. The first-order valence-corrected chi connectivity index (χ1v) is 9.61. The molecule has 24 heavy (non-hydrogen) atoms. The molecular formula is C21H27N2Ru+. The number of hydrogen-bond donors (Lipinski definition) is 0. The van der Waals surface area contributed by atoms with Gasteiger partial charge in [-0.15, -0.1) is 0 Å². The van der Waals surface area contributed by atoms with Gasteiger partial charge in [0.1, 0.15) is 0 Å². The van der Waals surface area contributed by atoms with Crippen LogP contribution in [0.2, 0.25) is 0 Å². The van der Waals surface area contributed by atoms with Crippen molar-refractivity contribution in [2.45, 2.75) is 46.3 Å². The van der Waals surface area contributed by atoms with Crippen molar-refractivity contribution in [2.75, 3.05) is 22.9 Å². The predicted octanol–water partition coefficient (Wildman–Crippen LogP) is 4.69. The van der Waals surface area contributed by atoms with Gasteiger partial charge in [-0.1, -0.05) is 0 Å². The molecule has 0 aromatic heterocycles. The third-order valence-electron chi connectivity index (χ3n) is 4.93. The van der Waals surface area contributed by atoms with Crippen LogP contribution in [0.3, 0.4) is 0 Å². The van der Waals surface area contributed by atoms with Gasteiger partial charge in [0.05, 0.1) is 0 Å². The molecule has 3 rings (SSSR count). The van der Waals surface area contributed by atoms with Gasteiger partial charge in [-0.3, -0.25) is 0 Å². The minimum atomic E-state index is 0.310. The van der Waals surface area contributed by atoms with Crippen molar-refractivity contribution in [3.63, 3.8) is 0 Å². The van der Waals surface area contributed by atoms with E-state index in [0.29, 0.717) is 4.76 Å². The van der Waals surface area contributed by atoms with Crippen LogP contribution >= 0.6 is 0 Å². The van der Waals surface area contributed by atoms with Crippen LogP contribution in [0.15, 0.2) is 24.3 Å². The molecule has 1 fully saturated rings. The topological polar surface area (TPSA) is 6.48 Å². The Morgan fingerprint density at radius 2 is 0.958 bits per heavy atom. The minimum absolute atomic E-state index is 0.310. The van der Waals surface area contributed by atoms with E-state index in [2.05, 4.69) is 93.9 Å². The zero-order valence-corrected chi connectivity index (χ0v) is 17.3. The molecule has 0 amide bonds. The van der Waals surface area contributed by atoms with E-state index in [9.17, 15) is 0 Å². The predicted molar refractivity (Wildman–Crippen MR) is 99.8 cm³/mol. The van der Waals surface area contributed by atoms with Crippen molar-refractivity contribution < 1.29 is 18.3 Å². The Bertz CT molecular complexity index is 670. The van der Waals surface area contributed by atoms with Gasteiger partial charge >= 0.3 is 157 Å². The third kappa shape index (κ3) is 2.99. The van der Waals surface area contributed by atoms with Crippen molar-refractivity contribution in [1.29, 1.82) is 0 Å². The molecule has 1 aliphatic rings. The molecule has 0 N–H and O–H groups in total. The third-order valence-corrected chi connectivity index (χ3v) is 6.01. The molecule has 0 bridgehead atoms. The van der Waals surface area contributed by atoms with Crippen molar-refractivity contribution in [3.05, 3.63) is 57.6 Å². The van der Waals surface area contributed by atoms with Gasteiger partial charge in [-0.2, -0.15) is 0 Å². The summed E-state index contributed by atoms with van der Waals surface area (Å²) in [4.78, 5) is 5.08. The summed E-state index contributed by atoms with van der Waals surface area (Å²) in [6.07, 6.45) is 0. The molecule has 1 aliphatic heterocycles. The molecule has 2 aromatic carbocycles. The molecule has 0 radical (unpaired) electrons. The average molecular weight is 409 g/mol. The molecule has 0 saturated carbocycles.